The zero-order valence-corrected chi connectivity index (χ0v) is 11.2. The average molecular weight is 267 g/mol. The molecule has 1 unspecified atom stereocenters. The van der Waals surface area contributed by atoms with Crippen LogP contribution >= 0.6 is 11.6 Å². The Morgan fingerprint density at radius 1 is 1.56 bits per heavy atom. The van der Waals surface area contributed by atoms with E-state index in [4.69, 9.17) is 11.6 Å². The lowest BCUT2D eigenvalue weighted by molar-refractivity contribution is -0.118. The summed E-state index contributed by atoms with van der Waals surface area (Å²) >= 11 is 5.99. The van der Waals surface area contributed by atoms with E-state index in [1.165, 1.54) is 12.8 Å². The minimum absolute atomic E-state index is 0.272. The molecular weight excluding hydrogens is 248 g/mol. The van der Waals surface area contributed by atoms with Gasteiger partial charge in [0.05, 0.1) is 5.02 Å². The summed E-state index contributed by atoms with van der Waals surface area (Å²) in [4.78, 5) is 15.8. The minimum Gasteiger partial charge on any atom is -0.316 e. The lowest BCUT2D eigenvalue weighted by Gasteiger charge is -2.22. The van der Waals surface area contributed by atoms with Gasteiger partial charge in [0.2, 0.25) is 0 Å². The second kappa shape index (κ2) is 6.86. The highest BCUT2D eigenvalue weighted by molar-refractivity contribution is 6.31. The standard InChI is InChI=1S/C14H19ClN2O/c15-14-10-17-7-5-12(14)8-13(18)4-3-11-2-1-6-16-9-11/h5,7,10-11,16H,1-4,6,8-9H2. The molecule has 1 aliphatic heterocycles. The zero-order chi connectivity index (χ0) is 12.8. The third-order valence-electron chi connectivity index (χ3n) is 3.47. The molecule has 1 saturated heterocycles. The van der Waals surface area contributed by atoms with Crippen molar-refractivity contribution in [2.45, 2.75) is 32.1 Å². The van der Waals surface area contributed by atoms with Gasteiger partial charge in [-0.15, -0.1) is 0 Å². The molecule has 1 fully saturated rings. The normalized spacial score (nSPS) is 19.7. The molecule has 0 saturated carbocycles. The predicted octanol–water partition coefficient (Wildman–Crippen LogP) is 2.63. The summed E-state index contributed by atoms with van der Waals surface area (Å²) in [6, 6.07) is 1.82. The molecule has 1 N–H and O–H groups in total. The maximum absolute atomic E-state index is 11.9. The van der Waals surface area contributed by atoms with Gasteiger partial charge in [0.15, 0.2) is 0 Å². The van der Waals surface area contributed by atoms with Crippen LogP contribution in [0, 0.1) is 5.92 Å². The van der Waals surface area contributed by atoms with E-state index in [-0.39, 0.29) is 5.78 Å². The largest absolute Gasteiger partial charge is 0.316 e. The number of rotatable bonds is 5. The number of carbonyl (C=O) groups is 1. The Kier molecular flexibility index (Phi) is 5.14. The molecule has 0 amide bonds. The summed E-state index contributed by atoms with van der Waals surface area (Å²) in [5.74, 6) is 0.935. The third kappa shape index (κ3) is 4.07. The molecule has 1 aromatic heterocycles. The molecule has 3 nitrogen and oxygen atoms in total. The SMILES string of the molecule is O=C(CCC1CCCNC1)Cc1ccncc1Cl. The zero-order valence-electron chi connectivity index (χ0n) is 10.5. The Hall–Kier alpha value is -0.930. The first-order chi connectivity index (χ1) is 8.75. The molecule has 2 rings (SSSR count). The highest BCUT2D eigenvalue weighted by Crippen LogP contribution is 2.18. The smallest absolute Gasteiger partial charge is 0.137 e. The van der Waals surface area contributed by atoms with Crippen molar-refractivity contribution >= 4 is 17.4 Å². The van der Waals surface area contributed by atoms with E-state index in [1.54, 1.807) is 12.4 Å². The van der Waals surface area contributed by atoms with Crippen LogP contribution in [0.4, 0.5) is 0 Å². The van der Waals surface area contributed by atoms with Gasteiger partial charge in [-0.1, -0.05) is 11.6 Å². The van der Waals surface area contributed by atoms with Crippen LogP contribution in [0.3, 0.4) is 0 Å². The Morgan fingerprint density at radius 3 is 3.17 bits per heavy atom. The second-order valence-electron chi connectivity index (χ2n) is 4.93. The lowest BCUT2D eigenvalue weighted by atomic mass is 9.93. The third-order valence-corrected chi connectivity index (χ3v) is 3.81. The lowest BCUT2D eigenvalue weighted by Crippen LogP contribution is -2.30. The number of Topliss-reactive ketones (excluding diaryl/α,β-unsaturated/α-hetero) is 1. The molecule has 2 heterocycles. The average Bonchev–Trinajstić information content (AvgIpc) is 2.40. The van der Waals surface area contributed by atoms with Crippen molar-refractivity contribution in [1.29, 1.82) is 0 Å². The van der Waals surface area contributed by atoms with Crippen molar-refractivity contribution in [1.82, 2.24) is 10.3 Å². The van der Waals surface area contributed by atoms with E-state index >= 15 is 0 Å². The van der Waals surface area contributed by atoms with E-state index in [0.29, 0.717) is 23.8 Å². The first-order valence-electron chi connectivity index (χ1n) is 6.56. The Labute approximate surface area is 113 Å². The number of nitrogens with one attached hydrogen (secondary N) is 1. The van der Waals surface area contributed by atoms with Crippen molar-refractivity contribution in [2.75, 3.05) is 13.1 Å². The number of carbonyl (C=O) groups excluding carboxylic acids is 1. The summed E-state index contributed by atoms with van der Waals surface area (Å²) in [7, 11) is 0. The first kappa shape index (κ1) is 13.5. The number of ketones is 1. The molecule has 1 atom stereocenters. The number of piperidine rings is 1. The molecule has 1 aromatic rings. The van der Waals surface area contributed by atoms with E-state index in [2.05, 4.69) is 10.3 Å². The van der Waals surface area contributed by atoms with Crippen molar-refractivity contribution in [2.24, 2.45) is 5.92 Å². The van der Waals surface area contributed by atoms with Gasteiger partial charge in [0, 0.05) is 25.2 Å². The van der Waals surface area contributed by atoms with Crippen LogP contribution in [0.5, 0.6) is 0 Å². The first-order valence-corrected chi connectivity index (χ1v) is 6.94. The second-order valence-corrected chi connectivity index (χ2v) is 5.34. The van der Waals surface area contributed by atoms with E-state index in [0.717, 1.165) is 25.1 Å². The maximum atomic E-state index is 11.9. The van der Waals surface area contributed by atoms with Gasteiger partial charge in [0.1, 0.15) is 5.78 Å². The molecular formula is C14H19ClN2O. The van der Waals surface area contributed by atoms with Crippen LogP contribution in [0.15, 0.2) is 18.5 Å². The molecule has 0 aliphatic carbocycles. The quantitative estimate of drug-likeness (QED) is 0.891. The van der Waals surface area contributed by atoms with E-state index in [9.17, 15) is 4.79 Å². The summed E-state index contributed by atoms with van der Waals surface area (Å²) in [6.45, 7) is 2.18. The minimum atomic E-state index is 0.272. The van der Waals surface area contributed by atoms with Gasteiger partial charge >= 0.3 is 0 Å². The summed E-state index contributed by atoms with van der Waals surface area (Å²) in [5.41, 5.74) is 0.887. The number of nitrogens with zero attached hydrogens (tertiary/aromatic N) is 1. The van der Waals surface area contributed by atoms with Crippen LogP contribution in [-0.4, -0.2) is 23.9 Å². The predicted molar refractivity (Wildman–Crippen MR) is 72.8 cm³/mol. The topological polar surface area (TPSA) is 42.0 Å². The van der Waals surface area contributed by atoms with Crippen molar-refractivity contribution < 1.29 is 4.79 Å². The number of hydrogen-bond donors (Lipinski definition) is 1. The van der Waals surface area contributed by atoms with Gasteiger partial charge < -0.3 is 5.32 Å². The molecule has 1 aliphatic rings. The Morgan fingerprint density at radius 2 is 2.44 bits per heavy atom. The number of hydrogen-bond acceptors (Lipinski definition) is 3. The molecule has 0 spiro atoms. The highest BCUT2D eigenvalue weighted by Gasteiger charge is 2.15. The molecule has 0 bridgehead atoms. The van der Waals surface area contributed by atoms with Gasteiger partial charge in [-0.2, -0.15) is 0 Å². The number of aromatic nitrogens is 1. The highest BCUT2D eigenvalue weighted by atomic mass is 35.5. The molecule has 98 valence electrons. The van der Waals surface area contributed by atoms with Crippen LogP contribution in [0.2, 0.25) is 5.02 Å². The molecule has 0 aromatic carbocycles. The van der Waals surface area contributed by atoms with Gasteiger partial charge in [0.25, 0.3) is 0 Å². The maximum Gasteiger partial charge on any atom is 0.137 e. The fourth-order valence-corrected chi connectivity index (χ4v) is 2.57. The van der Waals surface area contributed by atoms with Crippen LogP contribution < -0.4 is 5.32 Å². The summed E-state index contributed by atoms with van der Waals surface area (Å²) in [6.07, 6.45) is 7.83. The van der Waals surface area contributed by atoms with Gasteiger partial charge in [-0.05, 0) is 49.9 Å². The van der Waals surface area contributed by atoms with Gasteiger partial charge in [-0.25, -0.2) is 0 Å². The Bertz CT molecular complexity index is 403. The molecule has 4 heteroatoms. The molecule has 0 radical (unpaired) electrons. The fraction of sp³-hybridized carbons (Fsp3) is 0.571. The number of pyridine rings is 1. The van der Waals surface area contributed by atoms with E-state index < -0.39 is 0 Å². The summed E-state index contributed by atoms with van der Waals surface area (Å²) < 4.78 is 0. The van der Waals surface area contributed by atoms with Crippen molar-refractivity contribution in [3.05, 3.63) is 29.0 Å². The summed E-state index contributed by atoms with van der Waals surface area (Å²) in [5, 5.41) is 3.96. The van der Waals surface area contributed by atoms with Crippen molar-refractivity contribution in [3.8, 4) is 0 Å². The number of halogens is 1. The monoisotopic (exact) mass is 266 g/mol. The van der Waals surface area contributed by atoms with Crippen molar-refractivity contribution in [3.63, 3.8) is 0 Å². The Balaban J connectivity index is 1.76. The van der Waals surface area contributed by atoms with E-state index in [1.807, 2.05) is 6.07 Å². The van der Waals surface area contributed by atoms with Crippen LogP contribution in [-0.2, 0) is 11.2 Å². The van der Waals surface area contributed by atoms with Crippen LogP contribution in [0.1, 0.15) is 31.2 Å². The fourth-order valence-electron chi connectivity index (χ4n) is 2.38. The molecule has 18 heavy (non-hydrogen) atoms. The van der Waals surface area contributed by atoms with Gasteiger partial charge in [-0.3, -0.25) is 9.78 Å². The van der Waals surface area contributed by atoms with Crippen LogP contribution in [0.25, 0.3) is 0 Å².